The lowest BCUT2D eigenvalue weighted by Gasteiger charge is -2.19. The van der Waals surface area contributed by atoms with Crippen molar-refractivity contribution in [3.8, 4) is 57.5 Å². The fraction of sp³-hybridized carbons (Fsp3) is 0.340. The number of rotatable bonds is 56. The summed E-state index contributed by atoms with van der Waals surface area (Å²) in [5.74, 6) is -0.900. The molecule has 120 heavy (non-hydrogen) atoms. The first kappa shape index (κ1) is 92.9. The first-order chi connectivity index (χ1) is 58.5. The van der Waals surface area contributed by atoms with E-state index in [0.29, 0.717) is 144 Å². The quantitative estimate of drug-likeness (QED) is 0.0113. The molecule has 0 N–H and O–H groups in total. The smallest absolute Gasteiger partial charge is 0.343 e. The summed E-state index contributed by atoms with van der Waals surface area (Å²) >= 11 is 0. The van der Waals surface area contributed by atoms with Crippen LogP contribution < -0.4 is 47.4 Å². The minimum atomic E-state index is -0.675. The Labute approximate surface area is 705 Å². The van der Waals surface area contributed by atoms with Gasteiger partial charge < -0.3 is 56.8 Å². The molecule has 0 aromatic heterocycles. The Hall–Kier alpha value is -12.6. The van der Waals surface area contributed by atoms with Crippen LogP contribution in [0.3, 0.4) is 0 Å². The van der Waals surface area contributed by atoms with Gasteiger partial charge in [0.15, 0.2) is 34.6 Å². The summed E-state index contributed by atoms with van der Waals surface area (Å²) in [7, 11) is 0. The molecule has 0 bridgehead atoms. The van der Waals surface area contributed by atoms with Gasteiger partial charge in [-0.3, -0.25) is 9.59 Å². The molecule has 0 atom stereocenters. The molecule has 0 radical (unpaired) electrons. The predicted molar refractivity (Wildman–Crippen MR) is 465 cm³/mol. The third-order valence-corrected chi connectivity index (χ3v) is 19.2. The fourth-order valence-electron chi connectivity index (χ4n) is 12.6. The Morgan fingerprint density at radius 1 is 0.250 bits per heavy atom. The van der Waals surface area contributed by atoms with Gasteiger partial charge in [-0.05, 0) is 206 Å². The molecule has 0 fully saturated rings. The molecule has 20 nitrogen and oxygen atoms in total. The molecule has 0 aliphatic rings. The molecule has 0 unspecified atom stereocenters. The highest BCUT2D eigenvalue weighted by atomic mass is 16.6. The molecule has 0 aliphatic carbocycles. The summed E-state index contributed by atoms with van der Waals surface area (Å²) < 4.78 is 71.9. The summed E-state index contributed by atoms with van der Waals surface area (Å²) in [5, 5.41) is 0. The Kier molecular flexibility index (Phi) is 39.9. The van der Waals surface area contributed by atoms with Gasteiger partial charge >= 0.3 is 35.8 Å². The molecule has 8 aromatic carbocycles. The number of esters is 6. The normalized spacial score (nSPS) is 11.0. The van der Waals surface area contributed by atoms with Crippen molar-refractivity contribution in [3.05, 3.63) is 276 Å². The molecular formula is C100H112O20. The zero-order valence-electron chi connectivity index (χ0n) is 69.7. The highest BCUT2D eigenvalue weighted by Gasteiger charge is 2.24. The number of hydrogen-bond donors (Lipinski definition) is 0. The van der Waals surface area contributed by atoms with Crippen molar-refractivity contribution in [3.63, 3.8) is 0 Å². The maximum Gasteiger partial charge on any atom is 0.343 e. The van der Waals surface area contributed by atoms with Gasteiger partial charge in [-0.25, -0.2) is 28.8 Å². The molecule has 0 aliphatic heterocycles. The van der Waals surface area contributed by atoms with E-state index in [1.807, 2.05) is 0 Å². The van der Waals surface area contributed by atoms with E-state index in [1.165, 1.54) is 12.2 Å². The Bertz CT molecular complexity index is 4440. The minimum absolute atomic E-state index is 0.0359. The maximum absolute atomic E-state index is 14.3. The average molecular weight is 1630 g/mol. The number of carbonyl (C=O) groups is 8. The highest BCUT2D eigenvalue weighted by molar-refractivity contribution is 6.05. The lowest BCUT2D eigenvalue weighted by Crippen LogP contribution is -2.11. The number of carbonyl (C=O) groups excluding carboxylic acids is 8. The summed E-state index contributed by atoms with van der Waals surface area (Å²) in [6.45, 7) is 25.2. The number of ketones is 2. The summed E-state index contributed by atoms with van der Waals surface area (Å²) in [4.78, 5) is 106. The van der Waals surface area contributed by atoms with Gasteiger partial charge in [0.05, 0.1) is 75.1 Å². The molecule has 0 spiro atoms. The van der Waals surface area contributed by atoms with Gasteiger partial charge in [-0.15, -0.1) is 0 Å². The topological polar surface area (TPSA) is 247 Å². The van der Waals surface area contributed by atoms with Crippen LogP contribution in [0.2, 0.25) is 0 Å². The van der Waals surface area contributed by atoms with Gasteiger partial charge in [0.25, 0.3) is 0 Å². The van der Waals surface area contributed by atoms with Gasteiger partial charge in [0.2, 0.25) is 0 Å². The number of hydrogen-bond acceptors (Lipinski definition) is 20. The molecule has 0 saturated heterocycles. The summed E-state index contributed by atoms with van der Waals surface area (Å²) in [6.07, 6.45) is 22.4. The second kappa shape index (κ2) is 51.6. The summed E-state index contributed by atoms with van der Waals surface area (Å²) in [5.41, 5.74) is 5.68. The van der Waals surface area contributed by atoms with E-state index in [-0.39, 0.29) is 82.9 Å². The standard InChI is InChI=1S/C100H112O20/c1-9-17-21-25-57-111-89-67-77(35-33-75(89)65-81(101)13-5)97(105)117-83-47-37-71(38-48-83)95(73-41-51-85(52-42-73)119-99(107)79-45-55-87(91(69-79)113-59-27-23-19-11-3)109-61-29-31-63-115-93(103)15-7)96(72-39-49-84(50-40-72)118-98(106)78-36-34-76(66-82(102)14-6)90(68-78)112-58-26-22-18-10-2)74-43-53-86(54-44-74)120-100(108)80-46-56-88(92(70-80)114-60-28-24-20-12-4)110-62-30-32-64-116-94(104)16-8/h13-16,33-56,67-70H,5-12,17-32,57-66H2,1-4H3/b96-95-. The third-order valence-electron chi connectivity index (χ3n) is 19.2. The lowest BCUT2D eigenvalue weighted by atomic mass is 9.85. The molecule has 8 aromatic rings. The van der Waals surface area contributed by atoms with E-state index in [2.05, 4.69) is 54.0 Å². The average Bonchev–Trinajstić information content (AvgIpc) is 0.775. The van der Waals surface area contributed by atoms with E-state index in [1.54, 1.807) is 170 Å². The first-order valence-electron chi connectivity index (χ1n) is 41.7. The minimum Gasteiger partial charge on any atom is -0.493 e. The van der Waals surface area contributed by atoms with Crippen molar-refractivity contribution in [2.24, 2.45) is 0 Å². The summed E-state index contributed by atoms with van der Waals surface area (Å²) in [6, 6.07) is 47.2. The predicted octanol–water partition coefficient (Wildman–Crippen LogP) is 21.8. The molecule has 0 saturated carbocycles. The molecule has 8 rings (SSSR count). The van der Waals surface area contributed by atoms with Crippen LogP contribution in [-0.2, 0) is 41.5 Å². The molecule has 0 amide bonds. The van der Waals surface area contributed by atoms with Crippen molar-refractivity contribution in [2.45, 2.75) is 169 Å². The van der Waals surface area contributed by atoms with E-state index >= 15 is 0 Å². The van der Waals surface area contributed by atoms with Gasteiger partial charge in [-0.1, -0.05) is 192 Å². The molecular weight excluding hydrogens is 1520 g/mol. The van der Waals surface area contributed by atoms with E-state index in [0.717, 1.165) is 115 Å². The van der Waals surface area contributed by atoms with Crippen LogP contribution in [0, 0.1) is 0 Å². The van der Waals surface area contributed by atoms with Crippen LogP contribution in [0.4, 0.5) is 0 Å². The Balaban J connectivity index is 1.20. The maximum atomic E-state index is 14.3. The van der Waals surface area contributed by atoms with Crippen LogP contribution >= 0.6 is 0 Å². The lowest BCUT2D eigenvalue weighted by molar-refractivity contribution is -0.138. The van der Waals surface area contributed by atoms with Gasteiger partial charge in [-0.2, -0.15) is 0 Å². The molecule has 0 heterocycles. The van der Waals surface area contributed by atoms with Gasteiger partial charge in [0.1, 0.15) is 34.5 Å². The Morgan fingerprint density at radius 3 is 0.750 bits per heavy atom. The number of benzene rings is 8. The Morgan fingerprint density at radius 2 is 0.483 bits per heavy atom. The zero-order valence-corrected chi connectivity index (χ0v) is 69.7. The number of allylic oxidation sites excluding steroid dienone is 2. The number of ether oxygens (including phenoxy) is 12. The van der Waals surface area contributed by atoms with Gasteiger partial charge in [0, 0.05) is 36.1 Å². The van der Waals surface area contributed by atoms with Crippen molar-refractivity contribution >= 4 is 58.5 Å². The molecule has 632 valence electrons. The van der Waals surface area contributed by atoms with Crippen LogP contribution in [0.15, 0.2) is 220 Å². The largest absolute Gasteiger partial charge is 0.493 e. The van der Waals surface area contributed by atoms with Crippen LogP contribution in [0.1, 0.15) is 231 Å². The fourth-order valence-corrected chi connectivity index (χ4v) is 12.6. The third kappa shape index (κ3) is 30.7. The van der Waals surface area contributed by atoms with Crippen LogP contribution in [0.5, 0.6) is 57.5 Å². The monoisotopic (exact) mass is 1630 g/mol. The van der Waals surface area contributed by atoms with Crippen molar-refractivity contribution in [2.75, 3.05) is 52.9 Å². The number of unbranched alkanes of at least 4 members (excludes halogenated alkanes) is 14. The van der Waals surface area contributed by atoms with E-state index in [4.69, 9.17) is 56.8 Å². The highest BCUT2D eigenvalue weighted by Crippen LogP contribution is 2.41. The van der Waals surface area contributed by atoms with E-state index < -0.39 is 35.8 Å². The molecule has 20 heteroatoms. The van der Waals surface area contributed by atoms with Crippen molar-refractivity contribution in [1.82, 2.24) is 0 Å². The SMILES string of the molecule is C=CC(=O)Cc1ccc(C(=O)Oc2ccc(/C(=C(\c3ccc(OC(=O)c4ccc(CC(=O)C=C)c(OCCCCCC)c4)cc3)c3ccc(OC(=O)c4ccc(OCCCCOC(=O)C=C)c(OCCCCCC)c4)cc3)c3ccc(OC(=O)c4ccc(OCCCCOC(=O)C=C)c(OCCCCCC)c4)cc3)cc2)cc1OCCCCCC. The zero-order chi connectivity index (χ0) is 85.6. The second-order valence-electron chi connectivity index (χ2n) is 28.6. The van der Waals surface area contributed by atoms with Crippen molar-refractivity contribution in [1.29, 1.82) is 0 Å². The van der Waals surface area contributed by atoms with Crippen molar-refractivity contribution < 1.29 is 95.2 Å². The first-order valence-corrected chi connectivity index (χ1v) is 41.7. The van der Waals surface area contributed by atoms with Crippen LogP contribution in [0.25, 0.3) is 11.1 Å². The second-order valence-corrected chi connectivity index (χ2v) is 28.6. The van der Waals surface area contributed by atoms with E-state index in [9.17, 15) is 38.4 Å². The van der Waals surface area contributed by atoms with Crippen LogP contribution in [-0.4, -0.2) is 100 Å².